The maximum absolute atomic E-state index is 13.2. The van der Waals surface area contributed by atoms with Crippen molar-refractivity contribution < 1.29 is 12.8 Å². The number of nitriles is 1. The van der Waals surface area contributed by atoms with Gasteiger partial charge in [-0.1, -0.05) is 0 Å². The Morgan fingerprint density at radius 3 is 2.75 bits per heavy atom. The van der Waals surface area contributed by atoms with E-state index in [2.05, 4.69) is 4.98 Å². The molecule has 0 saturated carbocycles. The van der Waals surface area contributed by atoms with E-state index in [1.807, 2.05) is 6.07 Å². The van der Waals surface area contributed by atoms with Crippen LogP contribution in [0.3, 0.4) is 0 Å². The van der Waals surface area contributed by atoms with Gasteiger partial charge in [-0.15, -0.1) is 0 Å². The molecule has 2 aromatic rings. The number of nitrogens with zero attached hydrogens (tertiary/aromatic N) is 2. The third kappa shape index (κ3) is 2.92. The minimum Gasteiger partial charge on any atom is -0.398 e. The second-order valence-corrected chi connectivity index (χ2v) is 6.06. The first-order valence-corrected chi connectivity index (χ1v) is 7.20. The van der Waals surface area contributed by atoms with E-state index >= 15 is 0 Å². The van der Waals surface area contributed by atoms with E-state index in [-0.39, 0.29) is 22.0 Å². The summed E-state index contributed by atoms with van der Waals surface area (Å²) in [6.07, 6.45) is 1.35. The van der Waals surface area contributed by atoms with E-state index in [0.717, 1.165) is 12.1 Å². The molecular weight excluding hydrogens is 281 g/mol. The maximum atomic E-state index is 13.2. The zero-order valence-electron chi connectivity index (χ0n) is 10.2. The summed E-state index contributed by atoms with van der Waals surface area (Å²) >= 11 is 0. The van der Waals surface area contributed by atoms with Crippen LogP contribution in [-0.4, -0.2) is 13.4 Å². The normalized spacial score (nSPS) is 11.0. The van der Waals surface area contributed by atoms with Gasteiger partial charge < -0.3 is 5.73 Å². The van der Waals surface area contributed by atoms with Crippen molar-refractivity contribution >= 4 is 15.5 Å². The zero-order chi connectivity index (χ0) is 14.8. The molecule has 0 atom stereocenters. The Kier molecular flexibility index (Phi) is 3.68. The van der Waals surface area contributed by atoms with Crippen LogP contribution in [0.2, 0.25) is 0 Å². The number of sulfone groups is 1. The van der Waals surface area contributed by atoms with E-state index in [9.17, 15) is 12.8 Å². The smallest absolute Gasteiger partial charge is 0.184 e. The Bertz CT molecular complexity index is 798. The molecule has 1 aromatic carbocycles. The molecular formula is C13H10FN3O2S. The van der Waals surface area contributed by atoms with Gasteiger partial charge in [0, 0.05) is 6.20 Å². The van der Waals surface area contributed by atoms with Crippen molar-refractivity contribution in [3.05, 3.63) is 53.6 Å². The molecule has 0 radical (unpaired) electrons. The van der Waals surface area contributed by atoms with Crippen LogP contribution < -0.4 is 5.73 Å². The number of anilines is 1. The summed E-state index contributed by atoms with van der Waals surface area (Å²) in [5.74, 6) is -1.05. The number of halogens is 1. The van der Waals surface area contributed by atoms with Crippen LogP contribution in [0.5, 0.6) is 0 Å². The van der Waals surface area contributed by atoms with Gasteiger partial charge in [0.25, 0.3) is 0 Å². The second-order valence-electron chi connectivity index (χ2n) is 4.10. The van der Waals surface area contributed by atoms with Gasteiger partial charge in [-0.25, -0.2) is 17.8 Å². The molecule has 0 aliphatic heterocycles. The summed E-state index contributed by atoms with van der Waals surface area (Å²) in [4.78, 5) is 3.50. The summed E-state index contributed by atoms with van der Waals surface area (Å²) in [5.41, 5.74) is 6.07. The summed E-state index contributed by atoms with van der Waals surface area (Å²) < 4.78 is 37.6. The van der Waals surface area contributed by atoms with Crippen molar-refractivity contribution in [1.82, 2.24) is 4.98 Å². The Morgan fingerprint density at radius 1 is 1.30 bits per heavy atom. The van der Waals surface area contributed by atoms with Crippen LogP contribution in [0.4, 0.5) is 10.1 Å². The second kappa shape index (κ2) is 5.27. The maximum Gasteiger partial charge on any atom is 0.184 e. The predicted octanol–water partition coefficient (Wildman–Crippen LogP) is 1.65. The molecule has 0 bridgehead atoms. The number of nitrogens with two attached hydrogens (primary N) is 1. The van der Waals surface area contributed by atoms with Crippen LogP contribution in [0.25, 0.3) is 0 Å². The predicted molar refractivity (Wildman–Crippen MR) is 70.7 cm³/mol. The van der Waals surface area contributed by atoms with Crippen molar-refractivity contribution in [2.24, 2.45) is 0 Å². The number of hydrogen-bond donors (Lipinski definition) is 1. The molecule has 0 saturated heterocycles. The number of nitrogen functional groups attached to an aromatic ring is 1. The molecule has 0 fully saturated rings. The van der Waals surface area contributed by atoms with E-state index in [4.69, 9.17) is 11.0 Å². The Labute approximate surface area is 115 Å². The van der Waals surface area contributed by atoms with Crippen LogP contribution in [0, 0.1) is 17.1 Å². The molecule has 2 N–H and O–H groups in total. The lowest BCUT2D eigenvalue weighted by atomic mass is 10.2. The molecule has 1 heterocycles. The van der Waals surface area contributed by atoms with Gasteiger partial charge in [0.05, 0.1) is 16.3 Å². The summed E-state index contributed by atoms with van der Waals surface area (Å²) in [7, 11) is -3.79. The summed E-state index contributed by atoms with van der Waals surface area (Å²) in [6, 6.07) is 7.85. The molecule has 2 rings (SSSR count). The summed E-state index contributed by atoms with van der Waals surface area (Å²) in [6.45, 7) is 0. The molecule has 102 valence electrons. The zero-order valence-corrected chi connectivity index (χ0v) is 11.1. The molecule has 5 nitrogen and oxygen atoms in total. The molecule has 0 spiro atoms. The molecule has 0 unspecified atom stereocenters. The van der Waals surface area contributed by atoms with Crippen molar-refractivity contribution in [3.63, 3.8) is 0 Å². The van der Waals surface area contributed by atoms with Crippen molar-refractivity contribution in [1.29, 1.82) is 5.26 Å². The first kappa shape index (κ1) is 14.0. The fraction of sp³-hybridized carbons (Fsp3) is 0.0769. The molecule has 20 heavy (non-hydrogen) atoms. The number of aromatic nitrogens is 1. The molecule has 7 heteroatoms. The van der Waals surface area contributed by atoms with Gasteiger partial charge in [0.1, 0.15) is 17.6 Å². The lowest BCUT2D eigenvalue weighted by Crippen LogP contribution is -2.08. The van der Waals surface area contributed by atoms with Crippen LogP contribution in [0.1, 0.15) is 11.3 Å². The van der Waals surface area contributed by atoms with Gasteiger partial charge in [-0.2, -0.15) is 5.26 Å². The highest BCUT2D eigenvalue weighted by Gasteiger charge is 2.19. The first-order valence-electron chi connectivity index (χ1n) is 5.55. The SMILES string of the molecule is N#Cc1cc(CS(=O)(=O)c2cc(F)ccc2N)ccn1. The lowest BCUT2D eigenvalue weighted by Gasteiger charge is -2.07. The largest absolute Gasteiger partial charge is 0.398 e. The highest BCUT2D eigenvalue weighted by atomic mass is 32.2. The van der Waals surface area contributed by atoms with Crippen molar-refractivity contribution in [2.75, 3.05) is 5.73 Å². The van der Waals surface area contributed by atoms with E-state index in [1.54, 1.807) is 0 Å². The molecule has 0 aliphatic carbocycles. The Morgan fingerprint density at radius 2 is 2.05 bits per heavy atom. The quantitative estimate of drug-likeness (QED) is 0.867. The fourth-order valence-electron chi connectivity index (χ4n) is 1.70. The Hall–Kier alpha value is -2.46. The van der Waals surface area contributed by atoms with Crippen molar-refractivity contribution in [3.8, 4) is 6.07 Å². The van der Waals surface area contributed by atoms with Gasteiger partial charge in [-0.05, 0) is 35.9 Å². The standard InChI is InChI=1S/C13H10FN3O2S/c14-10-1-2-12(16)13(6-10)20(18,19)8-9-3-4-17-11(5-9)7-15/h1-6H,8,16H2. The molecule has 0 amide bonds. The number of benzene rings is 1. The monoisotopic (exact) mass is 291 g/mol. The average molecular weight is 291 g/mol. The number of hydrogen-bond acceptors (Lipinski definition) is 5. The van der Waals surface area contributed by atoms with E-state index in [1.165, 1.54) is 24.4 Å². The molecule has 0 aliphatic rings. The third-order valence-electron chi connectivity index (χ3n) is 2.61. The van der Waals surface area contributed by atoms with Crippen LogP contribution >= 0.6 is 0 Å². The minimum atomic E-state index is -3.79. The van der Waals surface area contributed by atoms with Gasteiger partial charge in [0.2, 0.25) is 0 Å². The van der Waals surface area contributed by atoms with Crippen LogP contribution in [0.15, 0.2) is 41.4 Å². The number of rotatable bonds is 3. The summed E-state index contributed by atoms with van der Waals surface area (Å²) in [5, 5.41) is 8.73. The van der Waals surface area contributed by atoms with Crippen molar-refractivity contribution in [2.45, 2.75) is 10.6 Å². The third-order valence-corrected chi connectivity index (χ3v) is 4.34. The molecule has 1 aromatic heterocycles. The topological polar surface area (TPSA) is 96.8 Å². The van der Waals surface area contributed by atoms with E-state index < -0.39 is 15.7 Å². The van der Waals surface area contributed by atoms with Gasteiger partial charge in [0.15, 0.2) is 9.84 Å². The van der Waals surface area contributed by atoms with E-state index in [0.29, 0.717) is 5.56 Å². The lowest BCUT2D eigenvalue weighted by molar-refractivity contribution is 0.590. The fourth-order valence-corrected chi connectivity index (χ4v) is 3.19. The highest BCUT2D eigenvalue weighted by Crippen LogP contribution is 2.23. The Balaban J connectivity index is 2.41. The number of pyridine rings is 1. The van der Waals surface area contributed by atoms with Gasteiger partial charge >= 0.3 is 0 Å². The first-order chi connectivity index (χ1) is 9.42. The average Bonchev–Trinajstić information content (AvgIpc) is 2.41. The minimum absolute atomic E-state index is 0.0130. The van der Waals surface area contributed by atoms with Crippen LogP contribution in [-0.2, 0) is 15.6 Å². The van der Waals surface area contributed by atoms with Gasteiger partial charge in [-0.3, -0.25) is 0 Å². The highest BCUT2D eigenvalue weighted by molar-refractivity contribution is 7.90.